The summed E-state index contributed by atoms with van der Waals surface area (Å²) in [5.74, 6) is 0.887. The Morgan fingerprint density at radius 3 is 2.45 bits per heavy atom. The molecular formula is C17H20BrNO. The summed E-state index contributed by atoms with van der Waals surface area (Å²) in [6, 6.07) is 18.4. The molecule has 0 aliphatic carbocycles. The summed E-state index contributed by atoms with van der Waals surface area (Å²) >= 11 is 3.54. The number of hydrogen-bond donors (Lipinski definition) is 1. The third-order valence-corrected chi connectivity index (χ3v) is 3.77. The Balaban J connectivity index is 2.12. The molecule has 1 N–H and O–H groups in total. The van der Waals surface area contributed by atoms with E-state index in [1.165, 1.54) is 5.56 Å². The molecule has 0 heterocycles. The second-order valence-electron chi connectivity index (χ2n) is 4.59. The molecule has 1 atom stereocenters. The zero-order valence-corrected chi connectivity index (χ0v) is 13.3. The largest absolute Gasteiger partial charge is 0.485 e. The van der Waals surface area contributed by atoms with Gasteiger partial charge in [0.15, 0.2) is 0 Å². The molecule has 0 radical (unpaired) electrons. The summed E-state index contributed by atoms with van der Waals surface area (Å²) in [5.41, 5.74) is 1.21. The van der Waals surface area contributed by atoms with Gasteiger partial charge in [0.25, 0.3) is 0 Å². The topological polar surface area (TPSA) is 21.3 Å². The minimum atomic E-state index is 0.0638. The van der Waals surface area contributed by atoms with Crippen LogP contribution >= 0.6 is 15.9 Å². The van der Waals surface area contributed by atoms with Crippen LogP contribution in [-0.4, -0.2) is 13.1 Å². The molecule has 0 bridgehead atoms. The number of nitrogens with one attached hydrogen (secondary N) is 1. The first-order chi connectivity index (χ1) is 9.81. The fourth-order valence-electron chi connectivity index (χ4n) is 2.06. The van der Waals surface area contributed by atoms with Crippen molar-refractivity contribution in [3.8, 4) is 5.75 Å². The molecule has 2 nitrogen and oxygen atoms in total. The first kappa shape index (κ1) is 15.1. The van der Waals surface area contributed by atoms with Crippen molar-refractivity contribution in [2.45, 2.75) is 19.4 Å². The third kappa shape index (κ3) is 4.36. The highest BCUT2D eigenvalue weighted by Gasteiger charge is 2.14. The molecule has 0 fully saturated rings. The van der Waals surface area contributed by atoms with Gasteiger partial charge in [-0.25, -0.2) is 0 Å². The molecule has 0 saturated heterocycles. The fraction of sp³-hybridized carbons (Fsp3) is 0.294. The van der Waals surface area contributed by atoms with Gasteiger partial charge in [-0.3, -0.25) is 0 Å². The molecule has 0 aromatic heterocycles. The second kappa shape index (κ2) is 8.08. The summed E-state index contributed by atoms with van der Waals surface area (Å²) in [6.45, 7) is 4.04. The van der Waals surface area contributed by atoms with Crippen LogP contribution in [0.3, 0.4) is 0 Å². The molecule has 0 spiro atoms. The van der Waals surface area contributed by atoms with Crippen LogP contribution in [0.5, 0.6) is 5.75 Å². The quantitative estimate of drug-likeness (QED) is 0.749. The van der Waals surface area contributed by atoms with Crippen molar-refractivity contribution < 1.29 is 4.74 Å². The van der Waals surface area contributed by atoms with Gasteiger partial charge < -0.3 is 10.1 Å². The van der Waals surface area contributed by atoms with E-state index in [0.717, 1.165) is 29.7 Å². The standard InChI is InChI=1S/C17H20BrNO/c1-2-19-13-12-16(14-8-4-3-5-9-14)20-17-11-7-6-10-15(17)18/h3-11,16,19H,2,12-13H2,1H3. The number of para-hydroxylation sites is 1. The van der Waals surface area contributed by atoms with Crippen LogP contribution < -0.4 is 10.1 Å². The highest BCUT2D eigenvalue weighted by Crippen LogP contribution is 2.30. The predicted molar refractivity (Wildman–Crippen MR) is 87.1 cm³/mol. The molecular weight excluding hydrogens is 314 g/mol. The van der Waals surface area contributed by atoms with Gasteiger partial charge in [0.05, 0.1) is 4.47 Å². The SMILES string of the molecule is CCNCCC(Oc1ccccc1Br)c1ccccc1. The van der Waals surface area contributed by atoms with E-state index < -0.39 is 0 Å². The van der Waals surface area contributed by atoms with E-state index in [-0.39, 0.29) is 6.10 Å². The highest BCUT2D eigenvalue weighted by atomic mass is 79.9. The van der Waals surface area contributed by atoms with E-state index in [4.69, 9.17) is 4.74 Å². The third-order valence-electron chi connectivity index (χ3n) is 3.11. The molecule has 20 heavy (non-hydrogen) atoms. The summed E-state index contributed by atoms with van der Waals surface area (Å²) in [4.78, 5) is 0. The lowest BCUT2D eigenvalue weighted by Gasteiger charge is -2.20. The fourth-order valence-corrected chi connectivity index (χ4v) is 2.44. The molecule has 106 valence electrons. The molecule has 0 saturated carbocycles. The van der Waals surface area contributed by atoms with Crippen LogP contribution in [0.1, 0.15) is 25.0 Å². The summed E-state index contributed by atoms with van der Waals surface area (Å²) in [7, 11) is 0. The Labute approximate surface area is 129 Å². The van der Waals surface area contributed by atoms with E-state index in [2.05, 4.69) is 52.4 Å². The first-order valence-electron chi connectivity index (χ1n) is 6.98. The molecule has 0 aliphatic rings. The Hall–Kier alpha value is -1.32. The van der Waals surface area contributed by atoms with E-state index in [1.54, 1.807) is 0 Å². The minimum Gasteiger partial charge on any atom is -0.485 e. The lowest BCUT2D eigenvalue weighted by atomic mass is 10.1. The maximum atomic E-state index is 6.19. The van der Waals surface area contributed by atoms with Gasteiger partial charge in [0.1, 0.15) is 11.9 Å². The van der Waals surface area contributed by atoms with Gasteiger partial charge in [0.2, 0.25) is 0 Å². The molecule has 2 aromatic carbocycles. The van der Waals surface area contributed by atoms with E-state index in [1.807, 2.05) is 30.3 Å². The molecule has 2 aromatic rings. The smallest absolute Gasteiger partial charge is 0.134 e. The lowest BCUT2D eigenvalue weighted by molar-refractivity contribution is 0.193. The zero-order valence-electron chi connectivity index (χ0n) is 11.7. The van der Waals surface area contributed by atoms with Gasteiger partial charge >= 0.3 is 0 Å². The first-order valence-corrected chi connectivity index (χ1v) is 7.77. The van der Waals surface area contributed by atoms with Crippen molar-refractivity contribution in [3.63, 3.8) is 0 Å². The van der Waals surface area contributed by atoms with Crippen molar-refractivity contribution in [2.75, 3.05) is 13.1 Å². The van der Waals surface area contributed by atoms with E-state index in [0.29, 0.717) is 0 Å². The Bertz CT molecular complexity index is 515. The zero-order chi connectivity index (χ0) is 14.2. The maximum Gasteiger partial charge on any atom is 0.134 e. The number of ether oxygens (including phenoxy) is 1. The van der Waals surface area contributed by atoms with E-state index in [9.17, 15) is 0 Å². The summed E-state index contributed by atoms with van der Waals surface area (Å²) < 4.78 is 7.18. The number of halogens is 1. The minimum absolute atomic E-state index is 0.0638. The van der Waals surface area contributed by atoms with Crippen molar-refractivity contribution in [3.05, 3.63) is 64.6 Å². The Morgan fingerprint density at radius 2 is 1.75 bits per heavy atom. The van der Waals surface area contributed by atoms with Gasteiger partial charge in [-0.05, 0) is 46.7 Å². The molecule has 0 aliphatic heterocycles. The van der Waals surface area contributed by atoms with Gasteiger partial charge in [0, 0.05) is 6.42 Å². The van der Waals surface area contributed by atoms with Crippen LogP contribution in [0.15, 0.2) is 59.1 Å². The molecule has 0 amide bonds. The van der Waals surface area contributed by atoms with Crippen molar-refractivity contribution in [1.29, 1.82) is 0 Å². The number of benzene rings is 2. The lowest BCUT2D eigenvalue weighted by Crippen LogP contribution is -2.19. The average Bonchev–Trinajstić information content (AvgIpc) is 2.49. The molecule has 3 heteroatoms. The van der Waals surface area contributed by atoms with Crippen LogP contribution in [0.4, 0.5) is 0 Å². The Kier molecular flexibility index (Phi) is 6.09. The van der Waals surface area contributed by atoms with Crippen molar-refractivity contribution in [2.24, 2.45) is 0 Å². The van der Waals surface area contributed by atoms with Crippen LogP contribution in [0, 0.1) is 0 Å². The van der Waals surface area contributed by atoms with Crippen molar-refractivity contribution >= 4 is 15.9 Å². The Morgan fingerprint density at radius 1 is 1.05 bits per heavy atom. The van der Waals surface area contributed by atoms with Gasteiger partial charge in [-0.1, -0.05) is 49.4 Å². The van der Waals surface area contributed by atoms with Crippen LogP contribution in [0.2, 0.25) is 0 Å². The van der Waals surface area contributed by atoms with Gasteiger partial charge in [-0.15, -0.1) is 0 Å². The van der Waals surface area contributed by atoms with Crippen molar-refractivity contribution in [1.82, 2.24) is 5.32 Å². The number of rotatable bonds is 7. The average molecular weight is 334 g/mol. The van der Waals surface area contributed by atoms with Crippen LogP contribution in [0.25, 0.3) is 0 Å². The predicted octanol–water partition coefficient (Wildman–Crippen LogP) is 4.57. The molecule has 1 unspecified atom stereocenters. The van der Waals surface area contributed by atoms with Crippen LogP contribution in [-0.2, 0) is 0 Å². The molecule has 2 rings (SSSR count). The number of hydrogen-bond acceptors (Lipinski definition) is 2. The monoisotopic (exact) mass is 333 g/mol. The highest BCUT2D eigenvalue weighted by molar-refractivity contribution is 9.10. The summed E-state index contributed by atoms with van der Waals surface area (Å²) in [6.07, 6.45) is 1.01. The van der Waals surface area contributed by atoms with E-state index >= 15 is 0 Å². The summed E-state index contributed by atoms with van der Waals surface area (Å²) in [5, 5.41) is 3.36. The van der Waals surface area contributed by atoms with Gasteiger partial charge in [-0.2, -0.15) is 0 Å². The normalized spacial score (nSPS) is 12.1. The maximum absolute atomic E-state index is 6.19. The second-order valence-corrected chi connectivity index (χ2v) is 5.44.